The molecule has 0 fully saturated rings. The lowest BCUT2D eigenvalue weighted by Crippen LogP contribution is -2.24. The van der Waals surface area contributed by atoms with E-state index in [0.717, 1.165) is 13.0 Å². The highest BCUT2D eigenvalue weighted by Crippen LogP contribution is 2.16. The maximum absolute atomic E-state index is 10.9. The van der Waals surface area contributed by atoms with E-state index in [0.29, 0.717) is 19.6 Å². The summed E-state index contributed by atoms with van der Waals surface area (Å²) in [5, 5.41) is 11.9. The highest BCUT2D eigenvalue weighted by molar-refractivity contribution is 5.69. The predicted octanol–water partition coefficient (Wildman–Crippen LogP) is 1.47. The van der Waals surface area contributed by atoms with Crippen molar-refractivity contribution >= 4 is 5.97 Å². The summed E-state index contributed by atoms with van der Waals surface area (Å²) < 4.78 is 4.78. The second-order valence-corrected chi connectivity index (χ2v) is 4.05. The van der Waals surface area contributed by atoms with Crippen molar-refractivity contribution in [1.82, 2.24) is 5.32 Å². The van der Waals surface area contributed by atoms with Gasteiger partial charge in [0.25, 0.3) is 0 Å². The van der Waals surface area contributed by atoms with Crippen LogP contribution in [0, 0.1) is 16.7 Å². The van der Waals surface area contributed by atoms with Crippen molar-refractivity contribution in [1.29, 1.82) is 5.26 Å². The number of hydrogen-bond acceptors (Lipinski definition) is 4. The molecule has 0 aliphatic rings. The summed E-state index contributed by atoms with van der Waals surface area (Å²) in [5.74, 6) is -0.176. The molecule has 0 unspecified atom stereocenters. The number of carbonyl (C=O) groups is 1. The zero-order chi connectivity index (χ0) is 11.7. The van der Waals surface area contributed by atoms with Gasteiger partial charge < -0.3 is 10.1 Å². The first-order valence-electron chi connectivity index (χ1n) is 5.29. The van der Waals surface area contributed by atoms with E-state index in [-0.39, 0.29) is 11.4 Å². The van der Waals surface area contributed by atoms with Gasteiger partial charge in [0.15, 0.2) is 0 Å². The lowest BCUT2D eigenvalue weighted by atomic mass is 9.91. The molecule has 0 aliphatic heterocycles. The Hall–Kier alpha value is -1.08. The quantitative estimate of drug-likeness (QED) is 0.512. The minimum atomic E-state index is -0.295. The Bertz CT molecular complexity index is 231. The molecule has 4 nitrogen and oxygen atoms in total. The Labute approximate surface area is 91.6 Å². The standard InChI is InChI=1S/C11H20N2O2/c1-4-15-10(14)5-7-13-8-6-11(2,3)9-12/h13H,4-8H2,1-3H3. The fourth-order valence-corrected chi connectivity index (χ4v) is 1.01. The predicted molar refractivity (Wildman–Crippen MR) is 58.1 cm³/mol. The average Bonchev–Trinajstić information content (AvgIpc) is 2.17. The van der Waals surface area contributed by atoms with Crippen LogP contribution in [0.2, 0.25) is 0 Å². The summed E-state index contributed by atoms with van der Waals surface area (Å²) >= 11 is 0. The largest absolute Gasteiger partial charge is 0.466 e. The van der Waals surface area contributed by atoms with Gasteiger partial charge in [0.1, 0.15) is 0 Å². The summed E-state index contributed by atoms with van der Waals surface area (Å²) in [7, 11) is 0. The van der Waals surface area contributed by atoms with E-state index in [2.05, 4.69) is 11.4 Å². The fourth-order valence-electron chi connectivity index (χ4n) is 1.01. The molecule has 0 atom stereocenters. The monoisotopic (exact) mass is 212 g/mol. The van der Waals surface area contributed by atoms with E-state index < -0.39 is 0 Å². The SMILES string of the molecule is CCOC(=O)CCNCCC(C)(C)C#N. The normalized spacial score (nSPS) is 10.8. The molecule has 0 bridgehead atoms. The van der Waals surface area contributed by atoms with Crippen LogP contribution in [0.15, 0.2) is 0 Å². The van der Waals surface area contributed by atoms with Gasteiger partial charge in [-0.3, -0.25) is 4.79 Å². The summed E-state index contributed by atoms with van der Waals surface area (Å²) in [6, 6.07) is 2.23. The number of rotatable bonds is 7. The molecule has 1 N–H and O–H groups in total. The number of hydrogen-bond donors (Lipinski definition) is 1. The molecule has 0 aliphatic carbocycles. The Kier molecular flexibility index (Phi) is 6.72. The van der Waals surface area contributed by atoms with E-state index in [1.165, 1.54) is 0 Å². The first-order valence-corrected chi connectivity index (χ1v) is 5.29. The minimum Gasteiger partial charge on any atom is -0.466 e. The minimum absolute atomic E-state index is 0.176. The van der Waals surface area contributed by atoms with Crippen LogP contribution in [-0.2, 0) is 9.53 Å². The number of esters is 1. The maximum Gasteiger partial charge on any atom is 0.307 e. The number of nitrogens with zero attached hydrogens (tertiary/aromatic N) is 1. The zero-order valence-electron chi connectivity index (χ0n) is 9.80. The van der Waals surface area contributed by atoms with E-state index in [4.69, 9.17) is 10.00 Å². The van der Waals surface area contributed by atoms with Gasteiger partial charge in [0.2, 0.25) is 0 Å². The first-order chi connectivity index (χ1) is 7.02. The van der Waals surface area contributed by atoms with Crippen molar-refractivity contribution in [3.63, 3.8) is 0 Å². The molecule has 0 aromatic carbocycles. The molecule has 0 radical (unpaired) electrons. The van der Waals surface area contributed by atoms with Crippen LogP contribution in [0.1, 0.15) is 33.6 Å². The maximum atomic E-state index is 10.9. The first kappa shape index (κ1) is 13.9. The van der Waals surface area contributed by atoms with Crippen molar-refractivity contribution in [3.05, 3.63) is 0 Å². The van der Waals surface area contributed by atoms with Crippen molar-refractivity contribution in [2.24, 2.45) is 5.41 Å². The van der Waals surface area contributed by atoms with Gasteiger partial charge in [-0.25, -0.2) is 0 Å². The molecular weight excluding hydrogens is 192 g/mol. The van der Waals surface area contributed by atoms with Crippen molar-refractivity contribution in [2.75, 3.05) is 19.7 Å². The highest BCUT2D eigenvalue weighted by Gasteiger charge is 2.15. The van der Waals surface area contributed by atoms with Gasteiger partial charge in [-0.05, 0) is 33.7 Å². The Morgan fingerprint density at radius 1 is 1.47 bits per heavy atom. The van der Waals surface area contributed by atoms with E-state index in [1.54, 1.807) is 6.92 Å². The summed E-state index contributed by atoms with van der Waals surface area (Å²) in [5.41, 5.74) is -0.295. The van der Waals surface area contributed by atoms with Gasteiger partial charge in [-0.15, -0.1) is 0 Å². The Morgan fingerprint density at radius 2 is 2.13 bits per heavy atom. The second kappa shape index (κ2) is 7.24. The van der Waals surface area contributed by atoms with Crippen LogP contribution < -0.4 is 5.32 Å². The van der Waals surface area contributed by atoms with Crippen molar-refractivity contribution in [3.8, 4) is 6.07 Å². The van der Waals surface area contributed by atoms with Crippen LogP contribution in [0.25, 0.3) is 0 Å². The Morgan fingerprint density at radius 3 is 2.67 bits per heavy atom. The van der Waals surface area contributed by atoms with E-state index in [1.807, 2.05) is 13.8 Å². The summed E-state index contributed by atoms with van der Waals surface area (Å²) in [6.45, 7) is 7.39. The molecular formula is C11H20N2O2. The van der Waals surface area contributed by atoms with E-state index in [9.17, 15) is 4.79 Å². The molecule has 15 heavy (non-hydrogen) atoms. The van der Waals surface area contributed by atoms with Gasteiger partial charge >= 0.3 is 5.97 Å². The van der Waals surface area contributed by atoms with Crippen molar-refractivity contribution in [2.45, 2.75) is 33.6 Å². The lowest BCUT2D eigenvalue weighted by molar-refractivity contribution is -0.142. The fraction of sp³-hybridized carbons (Fsp3) is 0.818. The third-order valence-corrected chi connectivity index (χ3v) is 2.04. The van der Waals surface area contributed by atoms with Gasteiger partial charge in [0.05, 0.1) is 24.5 Å². The molecule has 0 heterocycles. The number of ether oxygens (including phenoxy) is 1. The third-order valence-electron chi connectivity index (χ3n) is 2.04. The second-order valence-electron chi connectivity index (χ2n) is 4.05. The molecule has 0 rings (SSSR count). The van der Waals surface area contributed by atoms with E-state index >= 15 is 0 Å². The molecule has 86 valence electrons. The number of nitrogens with one attached hydrogen (secondary N) is 1. The molecule has 0 saturated carbocycles. The average molecular weight is 212 g/mol. The van der Waals surface area contributed by atoms with Crippen LogP contribution in [0.3, 0.4) is 0 Å². The summed E-state index contributed by atoms with van der Waals surface area (Å²) in [6.07, 6.45) is 1.17. The number of nitriles is 1. The lowest BCUT2D eigenvalue weighted by Gasteiger charge is -2.14. The zero-order valence-corrected chi connectivity index (χ0v) is 9.80. The number of carbonyl (C=O) groups excluding carboxylic acids is 1. The third kappa shape index (κ3) is 7.95. The molecule has 0 aromatic heterocycles. The molecule has 0 amide bonds. The van der Waals surface area contributed by atoms with Crippen LogP contribution in [0.4, 0.5) is 0 Å². The van der Waals surface area contributed by atoms with Crippen LogP contribution in [0.5, 0.6) is 0 Å². The summed E-state index contributed by atoms with van der Waals surface area (Å²) in [4.78, 5) is 10.9. The van der Waals surface area contributed by atoms with Gasteiger partial charge in [-0.1, -0.05) is 0 Å². The Balaban J connectivity index is 3.41. The molecule has 0 aromatic rings. The van der Waals surface area contributed by atoms with Gasteiger partial charge in [-0.2, -0.15) is 5.26 Å². The van der Waals surface area contributed by atoms with Crippen LogP contribution in [-0.4, -0.2) is 25.7 Å². The molecule has 0 saturated heterocycles. The highest BCUT2D eigenvalue weighted by atomic mass is 16.5. The smallest absolute Gasteiger partial charge is 0.307 e. The van der Waals surface area contributed by atoms with Gasteiger partial charge in [0, 0.05) is 6.54 Å². The molecule has 0 spiro atoms. The van der Waals surface area contributed by atoms with Crippen molar-refractivity contribution < 1.29 is 9.53 Å². The topological polar surface area (TPSA) is 62.1 Å². The molecule has 4 heteroatoms. The van der Waals surface area contributed by atoms with Crippen LogP contribution >= 0.6 is 0 Å².